The van der Waals surface area contributed by atoms with Crippen molar-refractivity contribution in [3.05, 3.63) is 24.3 Å². The van der Waals surface area contributed by atoms with Crippen molar-refractivity contribution in [1.82, 2.24) is 4.90 Å². The molecule has 1 amide bonds. The molecule has 1 atom stereocenters. The molecule has 1 aliphatic rings. The van der Waals surface area contributed by atoms with Gasteiger partial charge in [0, 0.05) is 13.1 Å². The van der Waals surface area contributed by atoms with Crippen LogP contribution in [0.25, 0.3) is 0 Å². The first-order valence-electron chi connectivity index (χ1n) is 6.80. The van der Waals surface area contributed by atoms with Gasteiger partial charge in [-0.05, 0) is 43.0 Å². The van der Waals surface area contributed by atoms with E-state index in [0.29, 0.717) is 31.9 Å². The molecule has 2 rings (SSSR count). The number of ether oxygens (including phenoxy) is 2. The summed E-state index contributed by atoms with van der Waals surface area (Å²) in [6.07, 6.45) is -4.12. The van der Waals surface area contributed by atoms with E-state index in [4.69, 9.17) is 9.84 Å². The molecule has 0 bridgehead atoms. The maximum absolute atomic E-state index is 12.0. The first-order chi connectivity index (χ1) is 10.3. The Labute approximate surface area is 125 Å². The Bertz CT molecular complexity index is 504. The first kappa shape index (κ1) is 16.3. The SMILES string of the molecule is O=C(O)N1CCC(CCOc2ccc(OC(F)(F)F)cc2)C1. The van der Waals surface area contributed by atoms with Crippen molar-refractivity contribution in [1.29, 1.82) is 0 Å². The number of hydrogen-bond acceptors (Lipinski definition) is 3. The van der Waals surface area contributed by atoms with Crippen LogP contribution in [0, 0.1) is 5.92 Å². The van der Waals surface area contributed by atoms with Crippen molar-refractivity contribution >= 4 is 6.09 Å². The van der Waals surface area contributed by atoms with E-state index in [2.05, 4.69) is 4.74 Å². The van der Waals surface area contributed by atoms with Crippen molar-refractivity contribution in [2.75, 3.05) is 19.7 Å². The van der Waals surface area contributed by atoms with Crippen LogP contribution in [-0.2, 0) is 0 Å². The molecule has 1 unspecified atom stereocenters. The summed E-state index contributed by atoms with van der Waals surface area (Å²) < 4.78 is 45.2. The van der Waals surface area contributed by atoms with Crippen LogP contribution in [0.1, 0.15) is 12.8 Å². The van der Waals surface area contributed by atoms with E-state index >= 15 is 0 Å². The monoisotopic (exact) mass is 319 g/mol. The smallest absolute Gasteiger partial charge is 0.494 e. The van der Waals surface area contributed by atoms with E-state index in [1.54, 1.807) is 0 Å². The summed E-state index contributed by atoms with van der Waals surface area (Å²) in [7, 11) is 0. The fraction of sp³-hybridized carbons (Fsp3) is 0.500. The number of carboxylic acid groups (broad SMARTS) is 1. The first-order valence-corrected chi connectivity index (χ1v) is 6.80. The molecular formula is C14H16F3NO4. The maximum atomic E-state index is 12.0. The Kier molecular flexibility index (Phi) is 4.99. The van der Waals surface area contributed by atoms with Gasteiger partial charge >= 0.3 is 12.5 Å². The van der Waals surface area contributed by atoms with Crippen LogP contribution in [0.5, 0.6) is 11.5 Å². The van der Waals surface area contributed by atoms with E-state index in [0.717, 1.165) is 6.42 Å². The van der Waals surface area contributed by atoms with Gasteiger partial charge in [0.2, 0.25) is 0 Å². The molecular weight excluding hydrogens is 303 g/mol. The molecule has 0 spiro atoms. The van der Waals surface area contributed by atoms with E-state index in [1.807, 2.05) is 0 Å². The lowest BCUT2D eigenvalue weighted by Crippen LogP contribution is -2.26. The van der Waals surface area contributed by atoms with Gasteiger partial charge in [0.25, 0.3) is 0 Å². The lowest BCUT2D eigenvalue weighted by molar-refractivity contribution is -0.274. The van der Waals surface area contributed by atoms with Crippen LogP contribution < -0.4 is 9.47 Å². The standard InChI is InChI=1S/C14H16F3NO4/c15-14(16,17)22-12-3-1-11(2-4-12)21-8-6-10-5-7-18(9-10)13(19)20/h1-4,10H,5-9H2,(H,19,20). The number of nitrogens with zero attached hydrogens (tertiary/aromatic N) is 1. The summed E-state index contributed by atoms with van der Waals surface area (Å²) in [6.45, 7) is 1.41. The molecule has 5 nitrogen and oxygen atoms in total. The lowest BCUT2D eigenvalue weighted by atomic mass is 10.1. The van der Waals surface area contributed by atoms with Crippen molar-refractivity contribution in [3.8, 4) is 11.5 Å². The highest BCUT2D eigenvalue weighted by molar-refractivity contribution is 5.65. The third kappa shape index (κ3) is 5.01. The van der Waals surface area contributed by atoms with E-state index in [-0.39, 0.29) is 11.7 Å². The highest BCUT2D eigenvalue weighted by Crippen LogP contribution is 2.25. The second-order valence-corrected chi connectivity index (χ2v) is 5.04. The van der Waals surface area contributed by atoms with Crippen molar-refractivity contribution < 1.29 is 32.5 Å². The van der Waals surface area contributed by atoms with Gasteiger partial charge in [-0.25, -0.2) is 4.79 Å². The van der Waals surface area contributed by atoms with Crippen molar-refractivity contribution in [2.45, 2.75) is 19.2 Å². The summed E-state index contributed by atoms with van der Waals surface area (Å²) in [6, 6.07) is 5.17. The Balaban J connectivity index is 1.72. The molecule has 1 aromatic rings. The average molecular weight is 319 g/mol. The highest BCUT2D eigenvalue weighted by atomic mass is 19.4. The number of amides is 1. The average Bonchev–Trinajstić information content (AvgIpc) is 2.88. The van der Waals surface area contributed by atoms with Gasteiger partial charge in [-0.3, -0.25) is 0 Å². The van der Waals surface area contributed by atoms with Crippen molar-refractivity contribution in [3.63, 3.8) is 0 Å². The minimum Gasteiger partial charge on any atom is -0.494 e. The maximum Gasteiger partial charge on any atom is 0.573 e. The van der Waals surface area contributed by atoms with Gasteiger partial charge in [-0.2, -0.15) is 0 Å². The molecule has 1 N–H and O–H groups in total. The Morgan fingerprint density at radius 1 is 1.27 bits per heavy atom. The minimum atomic E-state index is -4.71. The van der Waals surface area contributed by atoms with Crippen LogP contribution in [0.15, 0.2) is 24.3 Å². The predicted octanol–water partition coefficient (Wildman–Crippen LogP) is 3.35. The van der Waals surface area contributed by atoms with Gasteiger partial charge in [-0.1, -0.05) is 0 Å². The molecule has 0 aromatic heterocycles. The van der Waals surface area contributed by atoms with Crippen LogP contribution in [0.2, 0.25) is 0 Å². The number of likely N-dealkylation sites (tertiary alicyclic amines) is 1. The summed E-state index contributed by atoms with van der Waals surface area (Å²) in [5.41, 5.74) is 0. The second-order valence-electron chi connectivity index (χ2n) is 5.04. The largest absolute Gasteiger partial charge is 0.573 e. The fourth-order valence-corrected chi connectivity index (χ4v) is 2.32. The van der Waals surface area contributed by atoms with Gasteiger partial charge in [-0.15, -0.1) is 13.2 Å². The molecule has 8 heteroatoms. The van der Waals surface area contributed by atoms with Crippen LogP contribution >= 0.6 is 0 Å². The molecule has 1 heterocycles. The third-order valence-electron chi connectivity index (χ3n) is 3.41. The number of halogens is 3. The zero-order valence-corrected chi connectivity index (χ0v) is 11.7. The zero-order chi connectivity index (χ0) is 16.2. The minimum absolute atomic E-state index is 0.254. The molecule has 0 aliphatic carbocycles. The normalized spacial score (nSPS) is 18.3. The van der Waals surface area contributed by atoms with Crippen molar-refractivity contribution in [2.24, 2.45) is 5.92 Å². The van der Waals surface area contributed by atoms with Crippen LogP contribution in [-0.4, -0.2) is 42.2 Å². The molecule has 22 heavy (non-hydrogen) atoms. The Hall–Kier alpha value is -2.12. The summed E-state index contributed by atoms with van der Waals surface area (Å²) in [4.78, 5) is 12.1. The molecule has 1 aliphatic heterocycles. The molecule has 1 aromatic carbocycles. The number of rotatable bonds is 5. The molecule has 122 valence electrons. The van der Waals surface area contributed by atoms with E-state index < -0.39 is 12.5 Å². The van der Waals surface area contributed by atoms with E-state index in [1.165, 1.54) is 29.2 Å². The Morgan fingerprint density at radius 3 is 2.45 bits per heavy atom. The molecule has 0 radical (unpaired) electrons. The molecule has 0 saturated carbocycles. The zero-order valence-electron chi connectivity index (χ0n) is 11.7. The van der Waals surface area contributed by atoms with Gasteiger partial charge < -0.3 is 19.5 Å². The fourth-order valence-electron chi connectivity index (χ4n) is 2.32. The number of hydrogen-bond donors (Lipinski definition) is 1. The van der Waals surface area contributed by atoms with Gasteiger partial charge in [0.15, 0.2) is 0 Å². The van der Waals surface area contributed by atoms with Crippen LogP contribution in [0.3, 0.4) is 0 Å². The summed E-state index contributed by atoms with van der Waals surface area (Å²) in [5.74, 6) is 0.402. The Morgan fingerprint density at radius 2 is 1.91 bits per heavy atom. The molecule has 1 saturated heterocycles. The van der Waals surface area contributed by atoms with Gasteiger partial charge in [0.1, 0.15) is 11.5 Å². The van der Waals surface area contributed by atoms with Gasteiger partial charge in [0.05, 0.1) is 6.61 Å². The van der Waals surface area contributed by atoms with Crippen LogP contribution in [0.4, 0.5) is 18.0 Å². The predicted molar refractivity (Wildman–Crippen MR) is 70.9 cm³/mol. The summed E-state index contributed by atoms with van der Waals surface area (Å²) >= 11 is 0. The van der Waals surface area contributed by atoms with E-state index in [9.17, 15) is 18.0 Å². The number of carbonyl (C=O) groups is 1. The lowest BCUT2D eigenvalue weighted by Gasteiger charge is -2.13. The quantitative estimate of drug-likeness (QED) is 0.904. The second kappa shape index (κ2) is 6.76. The topological polar surface area (TPSA) is 59.0 Å². The molecule has 1 fully saturated rings. The highest BCUT2D eigenvalue weighted by Gasteiger charge is 2.31. The number of benzene rings is 1. The number of alkyl halides is 3. The third-order valence-corrected chi connectivity index (χ3v) is 3.41. The summed E-state index contributed by atoms with van der Waals surface area (Å²) in [5, 5.41) is 8.84.